The molecule has 0 aliphatic carbocycles. The molecule has 4 heteroatoms. The molecule has 0 unspecified atom stereocenters. The number of nitrogens with two attached hydrogens (primary N) is 1. The van der Waals surface area contributed by atoms with E-state index in [-0.39, 0.29) is 0 Å². The van der Waals surface area contributed by atoms with Gasteiger partial charge in [0.15, 0.2) is 0 Å². The van der Waals surface area contributed by atoms with Crippen LogP contribution in [-0.4, -0.2) is 16.5 Å². The molecule has 0 spiro atoms. The second kappa shape index (κ2) is 3.82. The maximum Gasteiger partial charge on any atom is 0.129 e. The maximum atomic E-state index is 5.32. The highest BCUT2D eigenvalue weighted by molar-refractivity contribution is 14.1. The predicted molar refractivity (Wildman–Crippen MR) is 47.5 cm³/mol. The van der Waals surface area contributed by atoms with Crippen molar-refractivity contribution in [1.29, 1.82) is 0 Å². The topological polar surface area (TPSA) is 51.8 Å². The predicted octanol–water partition coefficient (Wildman–Crippen LogP) is 0.582. The second-order valence-electron chi connectivity index (χ2n) is 1.86. The average molecular weight is 249 g/mol. The Bertz CT molecular complexity index is 197. The molecule has 0 aliphatic heterocycles. The first-order valence-corrected chi connectivity index (χ1v) is 4.07. The number of hydrogen-bond acceptors (Lipinski definition) is 3. The standard InChI is InChI=1S/C6H8IN3/c7-5-3-9-6(1-2-8)10-4-5/h3-4H,1-2,8H2. The third kappa shape index (κ3) is 2.18. The number of hydrogen-bond donors (Lipinski definition) is 1. The van der Waals surface area contributed by atoms with E-state index in [1.54, 1.807) is 12.4 Å². The monoisotopic (exact) mass is 249 g/mol. The van der Waals surface area contributed by atoms with Crippen molar-refractivity contribution in [3.63, 3.8) is 0 Å². The van der Waals surface area contributed by atoms with Crippen molar-refractivity contribution >= 4 is 22.6 Å². The van der Waals surface area contributed by atoms with Crippen LogP contribution in [0.25, 0.3) is 0 Å². The maximum absolute atomic E-state index is 5.32. The Kier molecular flexibility index (Phi) is 3.01. The Hall–Kier alpha value is -0.230. The van der Waals surface area contributed by atoms with Gasteiger partial charge in [-0.25, -0.2) is 9.97 Å². The van der Waals surface area contributed by atoms with Crippen molar-refractivity contribution in [2.45, 2.75) is 6.42 Å². The molecule has 0 atom stereocenters. The van der Waals surface area contributed by atoms with Crippen LogP contribution in [0.15, 0.2) is 12.4 Å². The zero-order valence-corrected chi connectivity index (χ0v) is 7.58. The highest BCUT2D eigenvalue weighted by Gasteiger charge is 1.92. The second-order valence-corrected chi connectivity index (χ2v) is 3.10. The first-order chi connectivity index (χ1) is 4.83. The lowest BCUT2D eigenvalue weighted by molar-refractivity contribution is 0.864. The van der Waals surface area contributed by atoms with Gasteiger partial charge in [-0.2, -0.15) is 0 Å². The molecule has 1 heterocycles. The van der Waals surface area contributed by atoms with Crippen LogP contribution in [0, 0.1) is 3.57 Å². The molecule has 0 saturated heterocycles. The molecule has 10 heavy (non-hydrogen) atoms. The van der Waals surface area contributed by atoms with Gasteiger partial charge in [-0.1, -0.05) is 0 Å². The molecule has 3 nitrogen and oxygen atoms in total. The molecular weight excluding hydrogens is 241 g/mol. The van der Waals surface area contributed by atoms with E-state index in [1.165, 1.54) is 0 Å². The molecule has 0 fully saturated rings. The van der Waals surface area contributed by atoms with Crippen LogP contribution in [0.4, 0.5) is 0 Å². The Morgan fingerprint density at radius 1 is 1.40 bits per heavy atom. The van der Waals surface area contributed by atoms with Crippen LogP contribution < -0.4 is 5.73 Å². The van der Waals surface area contributed by atoms with Crippen molar-refractivity contribution in [2.75, 3.05) is 6.54 Å². The highest BCUT2D eigenvalue weighted by atomic mass is 127. The Morgan fingerprint density at radius 3 is 2.50 bits per heavy atom. The number of rotatable bonds is 2. The highest BCUT2D eigenvalue weighted by Crippen LogP contribution is 1.99. The summed E-state index contributed by atoms with van der Waals surface area (Å²) in [6.07, 6.45) is 4.34. The van der Waals surface area contributed by atoms with Gasteiger partial charge in [0.25, 0.3) is 0 Å². The fourth-order valence-electron chi connectivity index (χ4n) is 0.597. The largest absolute Gasteiger partial charge is 0.330 e. The van der Waals surface area contributed by atoms with Gasteiger partial charge in [0.05, 0.1) is 0 Å². The third-order valence-corrected chi connectivity index (χ3v) is 1.60. The number of nitrogens with zero attached hydrogens (tertiary/aromatic N) is 2. The Balaban J connectivity index is 2.69. The van der Waals surface area contributed by atoms with Gasteiger partial charge in [0.1, 0.15) is 5.82 Å². The fraction of sp³-hybridized carbons (Fsp3) is 0.333. The normalized spacial score (nSPS) is 9.80. The molecule has 0 aromatic carbocycles. The van der Waals surface area contributed by atoms with Gasteiger partial charge in [-0.3, -0.25) is 0 Å². The molecule has 2 N–H and O–H groups in total. The Morgan fingerprint density at radius 2 is 2.00 bits per heavy atom. The zero-order valence-electron chi connectivity index (χ0n) is 5.42. The number of halogens is 1. The Labute approximate surface area is 73.2 Å². The van der Waals surface area contributed by atoms with E-state index in [0.29, 0.717) is 6.54 Å². The van der Waals surface area contributed by atoms with Crippen LogP contribution in [0.5, 0.6) is 0 Å². The summed E-state index contributed by atoms with van der Waals surface area (Å²) in [5.74, 6) is 0.822. The molecule has 0 aliphatic rings. The van der Waals surface area contributed by atoms with Crippen molar-refractivity contribution in [3.8, 4) is 0 Å². The van der Waals surface area contributed by atoms with E-state index in [2.05, 4.69) is 32.6 Å². The molecule has 1 aromatic heterocycles. The molecule has 0 saturated carbocycles. The van der Waals surface area contributed by atoms with E-state index >= 15 is 0 Å². The van der Waals surface area contributed by atoms with Crippen LogP contribution >= 0.6 is 22.6 Å². The SMILES string of the molecule is NCCc1ncc(I)cn1. The summed E-state index contributed by atoms with van der Waals surface area (Å²) in [6.45, 7) is 0.612. The van der Waals surface area contributed by atoms with Gasteiger partial charge >= 0.3 is 0 Å². The molecule has 0 amide bonds. The summed E-state index contributed by atoms with van der Waals surface area (Å²) in [4.78, 5) is 8.14. The lowest BCUT2D eigenvalue weighted by atomic mass is 10.4. The van der Waals surface area contributed by atoms with Crippen molar-refractivity contribution < 1.29 is 0 Å². The van der Waals surface area contributed by atoms with Gasteiger partial charge in [-0.05, 0) is 29.1 Å². The summed E-state index contributed by atoms with van der Waals surface area (Å²) in [7, 11) is 0. The summed E-state index contributed by atoms with van der Waals surface area (Å²) >= 11 is 2.17. The van der Waals surface area contributed by atoms with Crippen molar-refractivity contribution in [1.82, 2.24) is 9.97 Å². The minimum absolute atomic E-state index is 0.612. The average Bonchev–Trinajstić information content (AvgIpc) is 1.95. The van der Waals surface area contributed by atoms with E-state index in [0.717, 1.165) is 15.8 Å². The summed E-state index contributed by atoms with van der Waals surface area (Å²) in [5, 5.41) is 0. The van der Waals surface area contributed by atoms with Gasteiger partial charge in [-0.15, -0.1) is 0 Å². The van der Waals surface area contributed by atoms with Crippen LogP contribution in [0.1, 0.15) is 5.82 Å². The van der Waals surface area contributed by atoms with Crippen LogP contribution in [0.2, 0.25) is 0 Å². The van der Waals surface area contributed by atoms with E-state index < -0.39 is 0 Å². The number of aromatic nitrogens is 2. The summed E-state index contributed by atoms with van der Waals surface area (Å²) < 4.78 is 1.05. The minimum Gasteiger partial charge on any atom is -0.330 e. The van der Waals surface area contributed by atoms with Gasteiger partial charge in [0, 0.05) is 22.4 Å². The molecule has 1 aromatic rings. The molecule has 0 bridgehead atoms. The lowest BCUT2D eigenvalue weighted by Gasteiger charge is -1.94. The zero-order chi connectivity index (χ0) is 7.40. The summed E-state index contributed by atoms with van der Waals surface area (Å²) in [6, 6.07) is 0. The summed E-state index contributed by atoms with van der Waals surface area (Å²) in [5.41, 5.74) is 5.32. The minimum atomic E-state index is 0.612. The van der Waals surface area contributed by atoms with Gasteiger partial charge < -0.3 is 5.73 Å². The molecular formula is C6H8IN3. The molecule has 1 rings (SSSR count). The van der Waals surface area contributed by atoms with Crippen LogP contribution in [-0.2, 0) is 6.42 Å². The van der Waals surface area contributed by atoms with Crippen LogP contribution in [0.3, 0.4) is 0 Å². The van der Waals surface area contributed by atoms with Crippen molar-refractivity contribution in [3.05, 3.63) is 21.8 Å². The van der Waals surface area contributed by atoms with Gasteiger partial charge in [0.2, 0.25) is 0 Å². The first-order valence-electron chi connectivity index (χ1n) is 2.99. The smallest absolute Gasteiger partial charge is 0.129 e. The lowest BCUT2D eigenvalue weighted by Crippen LogP contribution is -2.05. The third-order valence-electron chi connectivity index (χ3n) is 1.04. The first kappa shape index (κ1) is 7.87. The molecule has 0 radical (unpaired) electrons. The quantitative estimate of drug-likeness (QED) is 0.780. The van der Waals surface area contributed by atoms with E-state index in [1.807, 2.05) is 0 Å². The van der Waals surface area contributed by atoms with E-state index in [9.17, 15) is 0 Å². The van der Waals surface area contributed by atoms with E-state index in [4.69, 9.17) is 5.73 Å². The molecule has 54 valence electrons. The van der Waals surface area contributed by atoms with Crippen molar-refractivity contribution in [2.24, 2.45) is 5.73 Å². The fourth-order valence-corrected chi connectivity index (χ4v) is 0.876.